The standard InChI is InChI=1S/C12H15NO4/c1-9(14)11(15)7-13-12(16)17-8-10-5-3-2-4-6-10/h2-6,11,15H,7-8H2,1H3,(H,13,16). The molecular formula is C12H15NO4. The fourth-order valence-electron chi connectivity index (χ4n) is 1.10. The van der Waals surface area contributed by atoms with Crippen molar-refractivity contribution in [1.82, 2.24) is 5.32 Å². The van der Waals surface area contributed by atoms with E-state index >= 15 is 0 Å². The van der Waals surface area contributed by atoms with Crippen LogP contribution < -0.4 is 5.32 Å². The molecule has 0 spiro atoms. The number of rotatable bonds is 5. The van der Waals surface area contributed by atoms with Gasteiger partial charge in [0.15, 0.2) is 5.78 Å². The van der Waals surface area contributed by atoms with Crippen LogP contribution in [0, 0.1) is 0 Å². The Balaban J connectivity index is 2.24. The quantitative estimate of drug-likeness (QED) is 0.796. The van der Waals surface area contributed by atoms with Gasteiger partial charge in [0.2, 0.25) is 0 Å². The van der Waals surface area contributed by atoms with E-state index in [1.807, 2.05) is 30.3 Å². The van der Waals surface area contributed by atoms with E-state index in [9.17, 15) is 9.59 Å². The Morgan fingerprint density at radius 1 is 1.35 bits per heavy atom. The minimum atomic E-state index is -1.18. The van der Waals surface area contributed by atoms with Crippen LogP contribution in [-0.2, 0) is 16.1 Å². The maximum Gasteiger partial charge on any atom is 0.407 e. The fourth-order valence-corrected chi connectivity index (χ4v) is 1.10. The maximum absolute atomic E-state index is 11.2. The number of ketones is 1. The zero-order valence-electron chi connectivity index (χ0n) is 9.55. The van der Waals surface area contributed by atoms with Crippen molar-refractivity contribution in [2.45, 2.75) is 19.6 Å². The second-order valence-electron chi connectivity index (χ2n) is 3.57. The molecule has 0 saturated heterocycles. The van der Waals surface area contributed by atoms with Gasteiger partial charge in [0.25, 0.3) is 0 Å². The first-order chi connectivity index (χ1) is 8.09. The van der Waals surface area contributed by atoms with Crippen LogP contribution in [0.1, 0.15) is 12.5 Å². The number of alkyl carbamates (subject to hydrolysis) is 1. The molecule has 92 valence electrons. The number of carbonyl (C=O) groups excluding carboxylic acids is 2. The smallest absolute Gasteiger partial charge is 0.407 e. The second-order valence-corrected chi connectivity index (χ2v) is 3.57. The highest BCUT2D eigenvalue weighted by molar-refractivity contribution is 5.81. The third kappa shape index (κ3) is 5.12. The number of hydrogen-bond donors (Lipinski definition) is 2. The Hall–Kier alpha value is -1.88. The summed E-state index contributed by atoms with van der Waals surface area (Å²) >= 11 is 0. The van der Waals surface area contributed by atoms with Gasteiger partial charge in [0.1, 0.15) is 12.7 Å². The van der Waals surface area contributed by atoms with Crippen molar-refractivity contribution in [3.8, 4) is 0 Å². The van der Waals surface area contributed by atoms with Crippen LogP contribution in [0.5, 0.6) is 0 Å². The Morgan fingerprint density at radius 2 is 2.00 bits per heavy atom. The highest BCUT2D eigenvalue weighted by atomic mass is 16.5. The van der Waals surface area contributed by atoms with Crippen LogP contribution in [0.25, 0.3) is 0 Å². The van der Waals surface area contributed by atoms with E-state index in [-0.39, 0.29) is 13.2 Å². The molecule has 0 radical (unpaired) electrons. The zero-order chi connectivity index (χ0) is 12.7. The van der Waals surface area contributed by atoms with E-state index in [1.165, 1.54) is 6.92 Å². The summed E-state index contributed by atoms with van der Waals surface area (Å²) in [4.78, 5) is 21.9. The van der Waals surface area contributed by atoms with Gasteiger partial charge >= 0.3 is 6.09 Å². The van der Waals surface area contributed by atoms with Crippen LogP contribution >= 0.6 is 0 Å². The molecule has 0 aliphatic carbocycles. The number of benzene rings is 1. The average Bonchev–Trinajstić information content (AvgIpc) is 2.34. The summed E-state index contributed by atoms with van der Waals surface area (Å²) in [5.41, 5.74) is 0.870. The summed E-state index contributed by atoms with van der Waals surface area (Å²) in [6, 6.07) is 9.22. The summed E-state index contributed by atoms with van der Waals surface area (Å²) in [5.74, 6) is -0.395. The lowest BCUT2D eigenvalue weighted by Gasteiger charge is -2.09. The number of ether oxygens (including phenoxy) is 1. The molecule has 0 aliphatic rings. The molecule has 2 N–H and O–H groups in total. The van der Waals surface area contributed by atoms with Gasteiger partial charge in [0, 0.05) is 0 Å². The van der Waals surface area contributed by atoms with Crippen LogP contribution in [-0.4, -0.2) is 29.6 Å². The molecule has 1 aromatic carbocycles. The summed E-state index contributed by atoms with van der Waals surface area (Å²) in [6.07, 6.45) is -1.84. The number of Topliss-reactive ketones (excluding diaryl/α,β-unsaturated/α-hetero) is 1. The Kier molecular flexibility index (Phi) is 5.16. The molecular weight excluding hydrogens is 222 g/mol. The average molecular weight is 237 g/mol. The van der Waals surface area contributed by atoms with Gasteiger partial charge in [-0.15, -0.1) is 0 Å². The number of amides is 1. The lowest BCUT2D eigenvalue weighted by Crippen LogP contribution is -2.35. The number of nitrogens with one attached hydrogen (secondary N) is 1. The molecule has 0 aromatic heterocycles. The van der Waals surface area contributed by atoms with Crippen LogP contribution in [0.15, 0.2) is 30.3 Å². The molecule has 1 atom stereocenters. The minimum Gasteiger partial charge on any atom is -0.445 e. The van der Waals surface area contributed by atoms with E-state index in [0.717, 1.165) is 5.56 Å². The van der Waals surface area contributed by atoms with E-state index < -0.39 is 18.0 Å². The Labute approximate surface area is 99.4 Å². The SMILES string of the molecule is CC(=O)C(O)CNC(=O)OCc1ccccc1. The summed E-state index contributed by atoms with van der Waals surface area (Å²) < 4.78 is 4.89. The van der Waals surface area contributed by atoms with Gasteiger partial charge in [-0.2, -0.15) is 0 Å². The zero-order valence-corrected chi connectivity index (χ0v) is 9.55. The van der Waals surface area contributed by atoms with Crippen LogP contribution in [0.3, 0.4) is 0 Å². The normalized spacial score (nSPS) is 11.6. The molecule has 0 fully saturated rings. The molecule has 1 aromatic rings. The highest BCUT2D eigenvalue weighted by Gasteiger charge is 2.11. The van der Waals surface area contributed by atoms with Crippen LogP contribution in [0.2, 0.25) is 0 Å². The maximum atomic E-state index is 11.2. The van der Waals surface area contributed by atoms with Crippen molar-refractivity contribution in [3.63, 3.8) is 0 Å². The van der Waals surface area contributed by atoms with Gasteiger partial charge in [-0.3, -0.25) is 4.79 Å². The molecule has 0 bridgehead atoms. The van der Waals surface area contributed by atoms with Crippen LogP contribution in [0.4, 0.5) is 4.79 Å². The highest BCUT2D eigenvalue weighted by Crippen LogP contribution is 2.00. The van der Waals surface area contributed by atoms with Crippen molar-refractivity contribution >= 4 is 11.9 Å². The summed E-state index contributed by atoms with van der Waals surface area (Å²) in [7, 11) is 0. The molecule has 1 rings (SSSR count). The molecule has 5 nitrogen and oxygen atoms in total. The van der Waals surface area contributed by atoms with Gasteiger partial charge in [-0.05, 0) is 12.5 Å². The first-order valence-corrected chi connectivity index (χ1v) is 5.22. The van der Waals surface area contributed by atoms with E-state index in [4.69, 9.17) is 9.84 Å². The summed E-state index contributed by atoms with van der Waals surface area (Å²) in [6.45, 7) is 1.27. The van der Waals surface area contributed by atoms with Gasteiger partial charge in [-0.1, -0.05) is 30.3 Å². The molecule has 5 heteroatoms. The van der Waals surface area contributed by atoms with Gasteiger partial charge in [0.05, 0.1) is 6.54 Å². The molecule has 1 unspecified atom stereocenters. The predicted octanol–water partition coefficient (Wildman–Crippen LogP) is 0.863. The first kappa shape index (κ1) is 13.2. The molecule has 17 heavy (non-hydrogen) atoms. The van der Waals surface area contributed by atoms with Crippen molar-refractivity contribution in [2.24, 2.45) is 0 Å². The third-order valence-corrected chi connectivity index (χ3v) is 2.12. The second kappa shape index (κ2) is 6.65. The fraction of sp³-hybridized carbons (Fsp3) is 0.333. The number of aliphatic hydroxyl groups is 1. The molecule has 0 aliphatic heterocycles. The summed E-state index contributed by atoms with van der Waals surface area (Å²) in [5, 5.41) is 11.4. The largest absolute Gasteiger partial charge is 0.445 e. The number of carbonyl (C=O) groups is 2. The minimum absolute atomic E-state index is 0.136. The third-order valence-electron chi connectivity index (χ3n) is 2.12. The van der Waals surface area contributed by atoms with Crippen molar-refractivity contribution in [3.05, 3.63) is 35.9 Å². The lowest BCUT2D eigenvalue weighted by molar-refractivity contribution is -0.124. The van der Waals surface area contributed by atoms with Gasteiger partial charge in [-0.25, -0.2) is 4.79 Å². The van der Waals surface area contributed by atoms with E-state index in [0.29, 0.717) is 0 Å². The van der Waals surface area contributed by atoms with Crippen molar-refractivity contribution in [1.29, 1.82) is 0 Å². The number of hydrogen-bond acceptors (Lipinski definition) is 4. The number of aliphatic hydroxyl groups excluding tert-OH is 1. The molecule has 0 saturated carbocycles. The van der Waals surface area contributed by atoms with E-state index in [2.05, 4.69) is 5.32 Å². The topological polar surface area (TPSA) is 75.6 Å². The van der Waals surface area contributed by atoms with Crippen molar-refractivity contribution in [2.75, 3.05) is 6.54 Å². The first-order valence-electron chi connectivity index (χ1n) is 5.22. The monoisotopic (exact) mass is 237 g/mol. The van der Waals surface area contributed by atoms with Gasteiger partial charge < -0.3 is 15.2 Å². The Morgan fingerprint density at radius 3 is 2.59 bits per heavy atom. The van der Waals surface area contributed by atoms with Crippen molar-refractivity contribution < 1.29 is 19.4 Å². The Bertz CT molecular complexity index is 377. The molecule has 1 amide bonds. The van der Waals surface area contributed by atoms with E-state index in [1.54, 1.807) is 0 Å². The lowest BCUT2D eigenvalue weighted by atomic mass is 10.2. The predicted molar refractivity (Wildman–Crippen MR) is 61.3 cm³/mol. The molecule has 0 heterocycles.